The highest BCUT2D eigenvalue weighted by atomic mass is 35.5. The minimum absolute atomic E-state index is 0. The summed E-state index contributed by atoms with van der Waals surface area (Å²) in [6.45, 7) is 1.37. The number of likely N-dealkylation sites (tertiary alicyclic amines) is 2. The van der Waals surface area contributed by atoms with Crippen LogP contribution in [-0.4, -0.2) is 71.8 Å². The molecule has 2 heterocycles. The van der Waals surface area contributed by atoms with E-state index in [2.05, 4.69) is 5.32 Å². The number of piperidine rings is 1. The number of fused-ring (bicyclic) bond motifs is 1. The lowest BCUT2D eigenvalue weighted by Gasteiger charge is -2.36. The molecule has 3 rings (SSSR count). The Morgan fingerprint density at radius 1 is 1.15 bits per heavy atom. The monoisotopic (exact) mass is 403 g/mol. The summed E-state index contributed by atoms with van der Waals surface area (Å²) in [6.07, 6.45) is 7.52. The molecule has 4 unspecified atom stereocenters. The van der Waals surface area contributed by atoms with Gasteiger partial charge in [0.05, 0.1) is 11.8 Å². The van der Waals surface area contributed by atoms with Crippen LogP contribution in [0.4, 0.5) is 0 Å². The Morgan fingerprint density at radius 2 is 1.77 bits per heavy atom. The number of hydrogen-bond donors (Lipinski definition) is 1. The zero-order chi connectivity index (χ0) is 18.0. The summed E-state index contributed by atoms with van der Waals surface area (Å²) in [5.74, 6) is -0.172. The lowest BCUT2D eigenvalue weighted by atomic mass is 9.81. The first-order valence-corrected chi connectivity index (χ1v) is 10.8. The van der Waals surface area contributed by atoms with Gasteiger partial charge in [-0.25, -0.2) is 0 Å². The predicted octanol–water partition coefficient (Wildman–Crippen LogP) is 1.53. The highest BCUT2D eigenvalue weighted by Crippen LogP contribution is 2.39. The smallest absolute Gasteiger partial charge is 0.246 e. The number of amides is 3. The van der Waals surface area contributed by atoms with E-state index in [9.17, 15) is 14.4 Å². The summed E-state index contributed by atoms with van der Waals surface area (Å²) >= 11 is 1.52. The summed E-state index contributed by atoms with van der Waals surface area (Å²) in [6, 6.07) is -0.351. The van der Waals surface area contributed by atoms with Crippen molar-refractivity contribution in [2.24, 2.45) is 11.8 Å². The molecule has 1 saturated carbocycles. The molecule has 0 aromatic carbocycles. The first-order valence-electron chi connectivity index (χ1n) is 9.40. The minimum Gasteiger partial charge on any atom is -0.339 e. The van der Waals surface area contributed by atoms with Gasteiger partial charge in [0.15, 0.2) is 0 Å². The molecule has 2 aliphatic heterocycles. The van der Waals surface area contributed by atoms with Crippen molar-refractivity contribution in [3.05, 3.63) is 0 Å². The molecule has 3 fully saturated rings. The summed E-state index contributed by atoms with van der Waals surface area (Å²) in [4.78, 5) is 42.1. The molecular formula is C18H30ClN3O3S. The van der Waals surface area contributed by atoms with Gasteiger partial charge in [-0.3, -0.25) is 19.3 Å². The van der Waals surface area contributed by atoms with E-state index in [1.54, 1.807) is 0 Å². The molecule has 0 bridgehead atoms. The van der Waals surface area contributed by atoms with Crippen LogP contribution >= 0.6 is 24.2 Å². The molecule has 3 aliphatic rings. The second-order valence-electron chi connectivity index (χ2n) is 7.43. The Bertz CT molecular complexity index is 524. The van der Waals surface area contributed by atoms with Crippen molar-refractivity contribution >= 4 is 41.9 Å². The number of imide groups is 1. The Balaban J connectivity index is 0.00000243. The molecule has 1 aliphatic carbocycles. The second kappa shape index (κ2) is 9.42. The van der Waals surface area contributed by atoms with Crippen LogP contribution in [0.25, 0.3) is 0 Å². The number of carbonyl (C=O) groups is 3. The molecule has 0 aromatic heterocycles. The maximum atomic E-state index is 13.2. The first-order chi connectivity index (χ1) is 12.1. The first kappa shape index (κ1) is 21.5. The van der Waals surface area contributed by atoms with Crippen LogP contribution in [0.3, 0.4) is 0 Å². The normalized spacial score (nSPS) is 30.0. The van der Waals surface area contributed by atoms with Crippen molar-refractivity contribution in [3.8, 4) is 0 Å². The van der Waals surface area contributed by atoms with E-state index < -0.39 is 6.04 Å². The van der Waals surface area contributed by atoms with Crippen molar-refractivity contribution in [2.45, 2.75) is 50.6 Å². The topological polar surface area (TPSA) is 69.7 Å². The van der Waals surface area contributed by atoms with Crippen molar-refractivity contribution < 1.29 is 14.4 Å². The van der Waals surface area contributed by atoms with E-state index in [1.807, 2.05) is 18.2 Å². The molecule has 4 atom stereocenters. The van der Waals surface area contributed by atoms with Crippen LogP contribution in [-0.2, 0) is 14.4 Å². The van der Waals surface area contributed by atoms with Gasteiger partial charge in [-0.2, -0.15) is 11.8 Å². The molecule has 0 radical (unpaired) electrons. The molecule has 26 heavy (non-hydrogen) atoms. The number of likely N-dealkylation sites (N-methyl/N-ethyl adjacent to an activating group) is 1. The third-order valence-corrected chi connectivity index (χ3v) is 6.59. The standard InChI is InChI=1S/C18H29N3O3S.ClH/c1-19-12-6-5-9-20(10-12)18(24)15(11-25-2)21-16(22)13-7-3-4-8-14(13)17(21)23;/h12-15,19H,3-11H2,1-2H3;1H. The van der Waals surface area contributed by atoms with Gasteiger partial charge in [0.2, 0.25) is 17.7 Å². The van der Waals surface area contributed by atoms with Crippen LogP contribution in [0.1, 0.15) is 38.5 Å². The van der Waals surface area contributed by atoms with Gasteiger partial charge in [0.1, 0.15) is 6.04 Å². The fraction of sp³-hybridized carbons (Fsp3) is 0.833. The number of thioether (sulfide) groups is 1. The van der Waals surface area contributed by atoms with E-state index in [1.165, 1.54) is 16.7 Å². The average molecular weight is 404 g/mol. The van der Waals surface area contributed by atoms with E-state index >= 15 is 0 Å². The zero-order valence-corrected chi connectivity index (χ0v) is 17.2. The minimum atomic E-state index is -0.642. The average Bonchev–Trinajstić information content (AvgIpc) is 2.90. The zero-order valence-electron chi connectivity index (χ0n) is 15.6. The molecule has 6 nitrogen and oxygen atoms in total. The third kappa shape index (κ3) is 4.04. The molecule has 148 valence electrons. The second-order valence-corrected chi connectivity index (χ2v) is 8.34. The fourth-order valence-electron chi connectivity index (χ4n) is 4.53. The highest BCUT2D eigenvalue weighted by molar-refractivity contribution is 7.98. The Hall–Kier alpha value is -0.790. The van der Waals surface area contributed by atoms with Gasteiger partial charge < -0.3 is 10.2 Å². The van der Waals surface area contributed by atoms with Crippen molar-refractivity contribution in [2.75, 3.05) is 32.1 Å². The number of hydrogen-bond acceptors (Lipinski definition) is 5. The predicted molar refractivity (Wildman–Crippen MR) is 105 cm³/mol. The van der Waals surface area contributed by atoms with Crippen LogP contribution < -0.4 is 5.32 Å². The lowest BCUT2D eigenvalue weighted by molar-refractivity contribution is -0.151. The lowest BCUT2D eigenvalue weighted by Crippen LogP contribution is -2.56. The fourth-order valence-corrected chi connectivity index (χ4v) is 5.14. The quantitative estimate of drug-likeness (QED) is 0.705. The SMILES string of the molecule is CNC1CCCN(C(=O)C(CSC)N2C(=O)C3CCCCC3C2=O)C1.Cl. The van der Waals surface area contributed by atoms with E-state index in [0.29, 0.717) is 24.9 Å². The number of nitrogens with one attached hydrogen (secondary N) is 1. The van der Waals surface area contributed by atoms with E-state index in [4.69, 9.17) is 0 Å². The van der Waals surface area contributed by atoms with Gasteiger partial charge in [0, 0.05) is 24.9 Å². The number of nitrogens with zero attached hydrogens (tertiary/aromatic N) is 2. The summed E-state index contributed by atoms with van der Waals surface area (Å²) in [7, 11) is 1.91. The molecule has 0 aromatic rings. The van der Waals surface area contributed by atoms with Crippen LogP contribution in [0.5, 0.6) is 0 Å². The van der Waals surface area contributed by atoms with E-state index in [-0.39, 0.29) is 42.0 Å². The van der Waals surface area contributed by atoms with Gasteiger partial charge in [-0.05, 0) is 39.0 Å². The molecule has 3 amide bonds. The van der Waals surface area contributed by atoms with Crippen LogP contribution in [0.2, 0.25) is 0 Å². The maximum Gasteiger partial charge on any atom is 0.246 e. The largest absolute Gasteiger partial charge is 0.339 e. The summed E-state index contributed by atoms with van der Waals surface area (Å²) in [5, 5.41) is 3.24. The Labute approximate surface area is 166 Å². The maximum absolute atomic E-state index is 13.2. The summed E-state index contributed by atoms with van der Waals surface area (Å²) in [5.41, 5.74) is 0. The molecule has 2 saturated heterocycles. The van der Waals surface area contributed by atoms with Gasteiger partial charge in [-0.15, -0.1) is 12.4 Å². The van der Waals surface area contributed by atoms with Gasteiger partial charge >= 0.3 is 0 Å². The molecule has 8 heteroatoms. The summed E-state index contributed by atoms with van der Waals surface area (Å²) < 4.78 is 0. The molecule has 1 N–H and O–H groups in total. The Morgan fingerprint density at radius 3 is 2.31 bits per heavy atom. The van der Waals surface area contributed by atoms with Gasteiger partial charge in [-0.1, -0.05) is 12.8 Å². The number of carbonyl (C=O) groups excluding carboxylic acids is 3. The third-order valence-electron chi connectivity index (χ3n) is 5.94. The van der Waals surface area contributed by atoms with Crippen LogP contribution in [0, 0.1) is 11.8 Å². The molecular weight excluding hydrogens is 374 g/mol. The van der Waals surface area contributed by atoms with Crippen molar-refractivity contribution in [3.63, 3.8) is 0 Å². The van der Waals surface area contributed by atoms with Gasteiger partial charge in [0.25, 0.3) is 0 Å². The number of halogens is 1. The van der Waals surface area contributed by atoms with E-state index in [0.717, 1.165) is 38.5 Å². The number of rotatable bonds is 5. The van der Waals surface area contributed by atoms with Crippen molar-refractivity contribution in [1.29, 1.82) is 0 Å². The van der Waals surface area contributed by atoms with Crippen molar-refractivity contribution in [1.82, 2.24) is 15.1 Å². The van der Waals surface area contributed by atoms with Crippen LogP contribution in [0.15, 0.2) is 0 Å². The highest BCUT2D eigenvalue weighted by Gasteiger charge is 2.52. The molecule has 0 spiro atoms. The Kier molecular flexibility index (Phi) is 7.79.